The first-order valence-electron chi connectivity index (χ1n) is 9.53. The van der Waals surface area contributed by atoms with Crippen LogP contribution >= 0.6 is 0 Å². The van der Waals surface area contributed by atoms with Gasteiger partial charge >= 0.3 is 6.03 Å². The lowest BCUT2D eigenvalue weighted by atomic mass is 10.2. The summed E-state index contributed by atoms with van der Waals surface area (Å²) in [5.74, 6) is 0.533. The summed E-state index contributed by atoms with van der Waals surface area (Å²) in [6, 6.07) is 17.9. The highest BCUT2D eigenvalue weighted by atomic mass is 16.5. The largest absolute Gasteiger partial charge is 0.381 e. The van der Waals surface area contributed by atoms with Gasteiger partial charge in [-0.1, -0.05) is 56.3 Å². The van der Waals surface area contributed by atoms with Crippen molar-refractivity contribution >= 4 is 17.4 Å². The van der Waals surface area contributed by atoms with Gasteiger partial charge in [-0.15, -0.1) is 0 Å². The Balaban J connectivity index is 1.83. The number of benzene rings is 2. The van der Waals surface area contributed by atoms with E-state index in [0.29, 0.717) is 19.1 Å². The molecule has 0 saturated carbocycles. The second kappa shape index (κ2) is 11.2. The molecule has 0 radical (unpaired) electrons. The number of para-hydroxylation sites is 2. The smallest absolute Gasteiger partial charge is 0.319 e. The number of hydrogen-bond acceptors (Lipinski definition) is 3. The zero-order chi connectivity index (χ0) is 19.5. The van der Waals surface area contributed by atoms with Gasteiger partial charge in [0.2, 0.25) is 0 Å². The van der Waals surface area contributed by atoms with Crippen molar-refractivity contribution in [2.45, 2.75) is 26.8 Å². The van der Waals surface area contributed by atoms with Crippen molar-refractivity contribution in [2.75, 3.05) is 37.0 Å². The lowest BCUT2D eigenvalue weighted by molar-refractivity contribution is 0.108. The summed E-state index contributed by atoms with van der Waals surface area (Å²) in [6.45, 7) is 7.03. The molecule has 0 aliphatic heterocycles. The van der Waals surface area contributed by atoms with Gasteiger partial charge in [0, 0.05) is 33.4 Å². The van der Waals surface area contributed by atoms with E-state index in [9.17, 15) is 4.79 Å². The standard InChI is InChI=1S/C22H31N3O2/c1-18(2)17-27-15-9-14-23-22(26)24-20-12-7-8-13-21(20)25(3)16-19-10-5-4-6-11-19/h4-8,10-13,18H,9,14-17H2,1-3H3,(H2,23,24,26). The Bertz CT molecular complexity index is 689. The molecule has 0 aliphatic rings. The van der Waals surface area contributed by atoms with Gasteiger partial charge in [0.25, 0.3) is 0 Å². The quantitative estimate of drug-likeness (QED) is 0.606. The van der Waals surface area contributed by atoms with Crippen molar-refractivity contribution in [2.24, 2.45) is 5.92 Å². The molecule has 146 valence electrons. The van der Waals surface area contributed by atoms with Gasteiger partial charge in [-0.25, -0.2) is 4.79 Å². The van der Waals surface area contributed by atoms with Crippen molar-refractivity contribution in [1.82, 2.24) is 5.32 Å². The van der Waals surface area contributed by atoms with E-state index in [0.717, 1.165) is 30.9 Å². The zero-order valence-electron chi connectivity index (χ0n) is 16.6. The molecule has 0 fully saturated rings. The topological polar surface area (TPSA) is 53.6 Å². The molecule has 0 heterocycles. The van der Waals surface area contributed by atoms with Gasteiger partial charge in [-0.3, -0.25) is 0 Å². The molecule has 0 saturated heterocycles. The monoisotopic (exact) mass is 369 g/mol. The lowest BCUT2D eigenvalue weighted by Gasteiger charge is -2.23. The van der Waals surface area contributed by atoms with E-state index in [1.165, 1.54) is 5.56 Å². The van der Waals surface area contributed by atoms with E-state index < -0.39 is 0 Å². The van der Waals surface area contributed by atoms with Crippen LogP contribution in [0.4, 0.5) is 16.2 Å². The number of ether oxygens (including phenoxy) is 1. The Morgan fingerprint density at radius 1 is 1.07 bits per heavy atom. The van der Waals surface area contributed by atoms with Crippen LogP contribution in [0.5, 0.6) is 0 Å². The van der Waals surface area contributed by atoms with E-state index in [1.807, 2.05) is 49.5 Å². The molecule has 2 aromatic carbocycles. The Hall–Kier alpha value is -2.53. The summed E-state index contributed by atoms with van der Waals surface area (Å²) >= 11 is 0. The minimum Gasteiger partial charge on any atom is -0.381 e. The van der Waals surface area contributed by atoms with Gasteiger partial charge in [0.15, 0.2) is 0 Å². The summed E-state index contributed by atoms with van der Waals surface area (Å²) < 4.78 is 5.52. The molecular formula is C22H31N3O2. The number of nitrogens with one attached hydrogen (secondary N) is 2. The number of anilines is 2. The summed E-state index contributed by atoms with van der Waals surface area (Å²) in [5.41, 5.74) is 3.00. The molecule has 0 atom stereocenters. The van der Waals surface area contributed by atoms with Crippen molar-refractivity contribution in [3.63, 3.8) is 0 Å². The molecule has 0 unspecified atom stereocenters. The molecule has 0 aliphatic carbocycles. The average Bonchev–Trinajstić information content (AvgIpc) is 2.65. The van der Waals surface area contributed by atoms with Crippen molar-refractivity contribution < 1.29 is 9.53 Å². The third kappa shape index (κ3) is 7.71. The number of nitrogens with zero attached hydrogens (tertiary/aromatic N) is 1. The van der Waals surface area contributed by atoms with Crippen LogP contribution in [0, 0.1) is 5.92 Å². The van der Waals surface area contributed by atoms with Gasteiger partial charge in [0.05, 0.1) is 11.4 Å². The molecule has 2 amide bonds. The highest BCUT2D eigenvalue weighted by molar-refractivity contribution is 5.93. The molecule has 2 aromatic rings. The average molecular weight is 370 g/mol. The number of carbonyl (C=O) groups excluding carboxylic acids is 1. The number of rotatable bonds is 10. The fourth-order valence-electron chi connectivity index (χ4n) is 2.72. The minimum absolute atomic E-state index is 0.195. The Kier molecular flexibility index (Phi) is 8.65. The Morgan fingerprint density at radius 2 is 1.78 bits per heavy atom. The first-order chi connectivity index (χ1) is 13.1. The summed E-state index contributed by atoms with van der Waals surface area (Å²) in [4.78, 5) is 14.3. The van der Waals surface area contributed by atoms with Crippen LogP contribution in [0.1, 0.15) is 25.8 Å². The van der Waals surface area contributed by atoms with Crippen LogP contribution < -0.4 is 15.5 Å². The fraction of sp³-hybridized carbons (Fsp3) is 0.409. The Morgan fingerprint density at radius 3 is 2.52 bits per heavy atom. The van der Waals surface area contributed by atoms with Crippen molar-refractivity contribution in [3.05, 3.63) is 60.2 Å². The minimum atomic E-state index is -0.195. The lowest BCUT2D eigenvalue weighted by Crippen LogP contribution is -2.31. The summed E-state index contributed by atoms with van der Waals surface area (Å²) in [6.07, 6.45) is 0.801. The number of amides is 2. The number of hydrogen-bond donors (Lipinski definition) is 2. The maximum absolute atomic E-state index is 12.2. The maximum atomic E-state index is 12.2. The van der Waals surface area contributed by atoms with Crippen LogP contribution in [0.15, 0.2) is 54.6 Å². The normalized spacial score (nSPS) is 10.7. The second-order valence-corrected chi connectivity index (χ2v) is 7.06. The molecule has 0 aromatic heterocycles. The van der Waals surface area contributed by atoms with Gasteiger partial charge in [0.1, 0.15) is 0 Å². The fourth-order valence-corrected chi connectivity index (χ4v) is 2.72. The first-order valence-corrected chi connectivity index (χ1v) is 9.53. The highest BCUT2D eigenvalue weighted by Gasteiger charge is 2.10. The molecule has 2 rings (SSSR count). The molecule has 5 heteroatoms. The van der Waals surface area contributed by atoms with Crippen molar-refractivity contribution in [3.8, 4) is 0 Å². The highest BCUT2D eigenvalue weighted by Crippen LogP contribution is 2.25. The molecule has 0 bridgehead atoms. The molecular weight excluding hydrogens is 338 g/mol. The van der Waals surface area contributed by atoms with E-state index in [2.05, 4.69) is 41.5 Å². The number of carbonyl (C=O) groups is 1. The second-order valence-electron chi connectivity index (χ2n) is 7.06. The molecule has 2 N–H and O–H groups in total. The van der Waals surface area contributed by atoms with Crippen molar-refractivity contribution in [1.29, 1.82) is 0 Å². The first kappa shape index (κ1) is 20.8. The molecule has 27 heavy (non-hydrogen) atoms. The van der Waals surface area contributed by atoms with E-state index in [4.69, 9.17) is 4.74 Å². The SMILES string of the molecule is CC(C)COCCCNC(=O)Nc1ccccc1N(C)Cc1ccccc1. The third-order valence-electron chi connectivity index (χ3n) is 4.03. The Labute approximate surface area is 162 Å². The zero-order valence-corrected chi connectivity index (χ0v) is 16.6. The van der Waals surface area contributed by atoms with Gasteiger partial charge in [-0.05, 0) is 30.0 Å². The van der Waals surface area contributed by atoms with Gasteiger partial charge < -0.3 is 20.3 Å². The van der Waals surface area contributed by atoms with Crippen LogP contribution in [-0.2, 0) is 11.3 Å². The van der Waals surface area contributed by atoms with Crippen LogP contribution in [0.25, 0.3) is 0 Å². The van der Waals surface area contributed by atoms with Gasteiger partial charge in [-0.2, -0.15) is 0 Å². The predicted molar refractivity (Wildman–Crippen MR) is 112 cm³/mol. The number of urea groups is 1. The van der Waals surface area contributed by atoms with E-state index in [-0.39, 0.29) is 6.03 Å². The maximum Gasteiger partial charge on any atom is 0.319 e. The van der Waals surface area contributed by atoms with Crippen LogP contribution in [0.3, 0.4) is 0 Å². The summed E-state index contributed by atoms with van der Waals surface area (Å²) in [5, 5.41) is 5.84. The molecule has 5 nitrogen and oxygen atoms in total. The summed E-state index contributed by atoms with van der Waals surface area (Å²) in [7, 11) is 2.03. The van der Waals surface area contributed by atoms with E-state index in [1.54, 1.807) is 0 Å². The van der Waals surface area contributed by atoms with E-state index >= 15 is 0 Å². The van der Waals surface area contributed by atoms with Crippen LogP contribution in [0.2, 0.25) is 0 Å². The molecule has 0 spiro atoms. The van der Waals surface area contributed by atoms with Crippen LogP contribution in [-0.4, -0.2) is 32.8 Å². The third-order valence-corrected chi connectivity index (χ3v) is 4.03. The predicted octanol–water partition coefficient (Wildman–Crippen LogP) is 4.51.